The molecule has 2 N–H and O–H groups in total. The average molecular weight is 256 g/mol. The highest BCUT2D eigenvalue weighted by Gasteiger charge is 2.48. The summed E-state index contributed by atoms with van der Waals surface area (Å²) in [7, 11) is 0. The molecule has 0 aromatic rings. The lowest BCUT2D eigenvalue weighted by atomic mass is 9.99. The zero-order valence-corrected chi connectivity index (χ0v) is 8.38. The maximum atomic E-state index is 12.7. The molecular weight excluding hydrogens is 245 g/mol. The van der Waals surface area contributed by atoms with E-state index in [9.17, 15) is 22.0 Å². The molecule has 15 heavy (non-hydrogen) atoms. The molecule has 1 aliphatic heterocycles. The van der Waals surface area contributed by atoms with Gasteiger partial charge in [-0.05, 0) is 0 Å². The van der Waals surface area contributed by atoms with Crippen LogP contribution in [0.15, 0.2) is 0 Å². The highest BCUT2D eigenvalue weighted by molar-refractivity contribution is 5.85. The molecule has 1 heterocycles. The Morgan fingerprint density at radius 1 is 1.33 bits per heavy atom. The maximum Gasteiger partial charge on any atom is 0.406 e. The van der Waals surface area contributed by atoms with E-state index in [0.29, 0.717) is 0 Å². The van der Waals surface area contributed by atoms with E-state index in [1.807, 2.05) is 0 Å². The van der Waals surface area contributed by atoms with Gasteiger partial charge >= 0.3 is 6.18 Å². The van der Waals surface area contributed by atoms with Crippen LogP contribution in [-0.2, 0) is 4.74 Å². The van der Waals surface area contributed by atoms with Gasteiger partial charge in [0, 0.05) is 12.8 Å². The molecule has 1 saturated heterocycles. The van der Waals surface area contributed by atoms with Crippen molar-refractivity contribution in [1.29, 1.82) is 0 Å². The van der Waals surface area contributed by atoms with Crippen LogP contribution < -0.4 is 5.73 Å². The van der Waals surface area contributed by atoms with E-state index >= 15 is 0 Å². The molecule has 0 bridgehead atoms. The molecule has 2 nitrogen and oxygen atoms in total. The van der Waals surface area contributed by atoms with Crippen molar-refractivity contribution in [2.45, 2.75) is 37.1 Å². The van der Waals surface area contributed by atoms with Crippen LogP contribution in [0, 0.1) is 0 Å². The third kappa shape index (κ3) is 4.08. The van der Waals surface area contributed by atoms with Crippen molar-refractivity contribution < 1.29 is 26.7 Å². The second-order valence-corrected chi connectivity index (χ2v) is 3.29. The molecule has 1 aliphatic rings. The average Bonchev–Trinajstić information content (AvgIpc) is 1.99. The van der Waals surface area contributed by atoms with E-state index in [2.05, 4.69) is 4.74 Å². The molecule has 2 atom stereocenters. The first kappa shape index (κ1) is 14.9. The zero-order valence-electron chi connectivity index (χ0n) is 7.56. The van der Waals surface area contributed by atoms with Gasteiger partial charge in [-0.25, -0.2) is 8.78 Å². The van der Waals surface area contributed by atoms with E-state index in [0.717, 1.165) is 0 Å². The van der Waals surface area contributed by atoms with Gasteiger partial charge in [-0.1, -0.05) is 0 Å². The summed E-state index contributed by atoms with van der Waals surface area (Å²) in [6.45, 7) is -0.387. The maximum absolute atomic E-state index is 12.7. The predicted molar refractivity (Wildman–Crippen MR) is 45.2 cm³/mol. The lowest BCUT2D eigenvalue weighted by Gasteiger charge is -2.33. The first-order valence-electron chi connectivity index (χ1n) is 4.04. The van der Waals surface area contributed by atoms with Crippen molar-refractivity contribution in [3.63, 3.8) is 0 Å². The first-order chi connectivity index (χ1) is 6.22. The summed E-state index contributed by atoms with van der Waals surface area (Å²) < 4.78 is 66.1. The highest BCUT2D eigenvalue weighted by Crippen LogP contribution is 2.34. The van der Waals surface area contributed by atoms with E-state index < -0.39 is 37.1 Å². The summed E-state index contributed by atoms with van der Waals surface area (Å²) in [6.07, 6.45) is -7.85. The Morgan fingerprint density at radius 3 is 2.27 bits per heavy atom. The third-order valence-corrected chi connectivity index (χ3v) is 2.08. The largest absolute Gasteiger partial charge is 0.406 e. The molecule has 0 spiro atoms. The van der Waals surface area contributed by atoms with Gasteiger partial charge in [-0.3, -0.25) is 0 Å². The Bertz CT molecular complexity index is 207. The van der Waals surface area contributed by atoms with Crippen LogP contribution in [0.1, 0.15) is 12.8 Å². The first-order valence-corrected chi connectivity index (χ1v) is 4.04. The number of nitrogens with two attached hydrogens (primary N) is 1. The van der Waals surface area contributed by atoms with Gasteiger partial charge in [0.25, 0.3) is 5.92 Å². The van der Waals surface area contributed by atoms with Gasteiger partial charge in [0.1, 0.15) is 6.04 Å². The van der Waals surface area contributed by atoms with E-state index in [4.69, 9.17) is 5.73 Å². The minimum Gasteiger partial charge on any atom is -0.376 e. The molecular formula is C7H11ClF5NO. The number of ether oxygens (including phenoxy) is 1. The molecule has 0 saturated carbocycles. The predicted octanol–water partition coefficient (Wildman–Crippen LogP) is 2.11. The SMILES string of the molecule is Cl.NC(C1CC(F)(F)CCO1)C(F)(F)F. The van der Waals surface area contributed by atoms with Crippen molar-refractivity contribution >= 4 is 12.4 Å². The number of alkyl halides is 5. The summed E-state index contributed by atoms with van der Waals surface area (Å²) >= 11 is 0. The van der Waals surface area contributed by atoms with Crippen LogP contribution >= 0.6 is 12.4 Å². The second-order valence-electron chi connectivity index (χ2n) is 3.29. The van der Waals surface area contributed by atoms with Gasteiger partial charge in [-0.2, -0.15) is 13.2 Å². The molecule has 1 rings (SSSR count). The van der Waals surface area contributed by atoms with Crippen molar-refractivity contribution in [3.8, 4) is 0 Å². The summed E-state index contributed by atoms with van der Waals surface area (Å²) in [5, 5.41) is 0. The minimum atomic E-state index is -4.70. The van der Waals surface area contributed by atoms with Crippen molar-refractivity contribution in [2.24, 2.45) is 5.73 Å². The van der Waals surface area contributed by atoms with Crippen LogP contribution in [0.25, 0.3) is 0 Å². The normalized spacial score (nSPS) is 28.0. The molecule has 0 aliphatic carbocycles. The Hall–Kier alpha value is -0.140. The molecule has 1 fully saturated rings. The highest BCUT2D eigenvalue weighted by atomic mass is 35.5. The number of halogens is 6. The van der Waals surface area contributed by atoms with E-state index in [-0.39, 0.29) is 19.0 Å². The Morgan fingerprint density at radius 2 is 1.87 bits per heavy atom. The van der Waals surface area contributed by atoms with Gasteiger partial charge in [-0.15, -0.1) is 12.4 Å². The Labute approximate surface area is 89.4 Å². The topological polar surface area (TPSA) is 35.2 Å². The van der Waals surface area contributed by atoms with Crippen LogP contribution in [-0.4, -0.2) is 30.9 Å². The molecule has 92 valence electrons. The van der Waals surface area contributed by atoms with Gasteiger partial charge in [0.05, 0.1) is 12.7 Å². The lowest BCUT2D eigenvalue weighted by molar-refractivity contribution is -0.203. The fourth-order valence-electron chi connectivity index (χ4n) is 1.26. The fourth-order valence-corrected chi connectivity index (χ4v) is 1.26. The van der Waals surface area contributed by atoms with Crippen molar-refractivity contribution in [2.75, 3.05) is 6.61 Å². The molecule has 0 aromatic carbocycles. The quantitative estimate of drug-likeness (QED) is 0.729. The standard InChI is InChI=1S/C7H10F5NO.ClH/c8-6(9)1-2-14-4(3-6)5(13)7(10,11)12;/h4-5H,1-3,13H2;1H. The number of hydrogen-bond acceptors (Lipinski definition) is 2. The summed E-state index contributed by atoms with van der Waals surface area (Å²) in [5.41, 5.74) is 4.76. The fraction of sp³-hybridized carbons (Fsp3) is 1.00. The Kier molecular flexibility index (Phi) is 4.75. The lowest BCUT2D eigenvalue weighted by Crippen LogP contribution is -2.52. The van der Waals surface area contributed by atoms with Gasteiger partial charge < -0.3 is 10.5 Å². The van der Waals surface area contributed by atoms with Crippen LogP contribution in [0.2, 0.25) is 0 Å². The minimum absolute atomic E-state index is 0. The van der Waals surface area contributed by atoms with Crippen LogP contribution in [0.5, 0.6) is 0 Å². The molecule has 2 unspecified atom stereocenters. The van der Waals surface area contributed by atoms with Crippen molar-refractivity contribution in [3.05, 3.63) is 0 Å². The van der Waals surface area contributed by atoms with Crippen molar-refractivity contribution in [1.82, 2.24) is 0 Å². The molecule has 0 radical (unpaired) electrons. The Balaban J connectivity index is 0.00000196. The molecule has 0 amide bonds. The van der Waals surface area contributed by atoms with E-state index in [1.165, 1.54) is 0 Å². The zero-order chi connectivity index (χ0) is 11.0. The summed E-state index contributed by atoms with van der Waals surface area (Å²) in [4.78, 5) is 0. The smallest absolute Gasteiger partial charge is 0.376 e. The second kappa shape index (κ2) is 4.80. The third-order valence-electron chi connectivity index (χ3n) is 2.08. The van der Waals surface area contributed by atoms with Crippen LogP contribution in [0.4, 0.5) is 22.0 Å². The van der Waals surface area contributed by atoms with Gasteiger partial charge in [0.2, 0.25) is 0 Å². The monoisotopic (exact) mass is 255 g/mol. The number of rotatable bonds is 1. The van der Waals surface area contributed by atoms with Gasteiger partial charge in [0.15, 0.2) is 0 Å². The van der Waals surface area contributed by atoms with E-state index in [1.54, 1.807) is 0 Å². The van der Waals surface area contributed by atoms with Crippen LogP contribution in [0.3, 0.4) is 0 Å². The molecule has 0 aromatic heterocycles. The number of hydrogen-bond donors (Lipinski definition) is 1. The summed E-state index contributed by atoms with van der Waals surface area (Å²) in [6, 6.07) is -2.34. The molecule has 8 heteroatoms. The summed E-state index contributed by atoms with van der Waals surface area (Å²) in [5.74, 6) is -3.11.